The van der Waals surface area contributed by atoms with Crippen molar-refractivity contribution in [3.63, 3.8) is 0 Å². The molecule has 1 rings (SSSR count). The molecule has 42 heavy (non-hydrogen) atoms. The molecule has 1 nitrogen and oxygen atoms in total. The molecule has 1 heteroatoms. The molecule has 0 spiro atoms. The second kappa shape index (κ2) is 29.2. The van der Waals surface area contributed by atoms with Crippen molar-refractivity contribution in [2.75, 3.05) is 20.1 Å². The summed E-state index contributed by atoms with van der Waals surface area (Å²) < 4.78 is 0. The van der Waals surface area contributed by atoms with Gasteiger partial charge in [0.15, 0.2) is 0 Å². The van der Waals surface area contributed by atoms with Crippen LogP contribution in [0.3, 0.4) is 0 Å². The van der Waals surface area contributed by atoms with Gasteiger partial charge in [-0.05, 0) is 89.8 Å². The molecule has 0 bridgehead atoms. The van der Waals surface area contributed by atoms with Gasteiger partial charge >= 0.3 is 0 Å². The molecule has 0 N–H and O–H groups in total. The molecule has 1 atom stereocenters. The molecule has 0 saturated carbocycles. The Labute approximate surface area is 267 Å². The minimum atomic E-state index is 0.895. The highest BCUT2D eigenvalue weighted by Crippen LogP contribution is 2.28. The van der Waals surface area contributed by atoms with Crippen LogP contribution in [0.1, 0.15) is 207 Å². The summed E-state index contributed by atoms with van der Waals surface area (Å²) in [5.41, 5.74) is 3.21. The van der Waals surface area contributed by atoms with Gasteiger partial charge in [0.05, 0.1) is 0 Å². The van der Waals surface area contributed by atoms with E-state index in [1.807, 2.05) is 0 Å². The van der Waals surface area contributed by atoms with Crippen molar-refractivity contribution in [3.8, 4) is 0 Å². The summed E-state index contributed by atoms with van der Waals surface area (Å²) in [6.07, 6.45) is 43.4. The smallest absolute Gasteiger partial charge is 0.00218 e. The summed E-state index contributed by atoms with van der Waals surface area (Å²) in [7, 11) is 2.34. The summed E-state index contributed by atoms with van der Waals surface area (Å²) >= 11 is 0. The Kier molecular flexibility index (Phi) is 27.4. The lowest BCUT2D eigenvalue weighted by atomic mass is 9.90. The van der Waals surface area contributed by atoms with E-state index in [4.69, 9.17) is 0 Å². The Balaban J connectivity index is 1.83. The maximum Gasteiger partial charge on any atom is -0.00218 e. The largest absolute Gasteiger partial charge is 0.306 e. The van der Waals surface area contributed by atoms with Crippen LogP contribution in [-0.2, 0) is 0 Å². The Morgan fingerprint density at radius 1 is 0.667 bits per heavy atom. The first-order valence-electron chi connectivity index (χ1n) is 19.6. The van der Waals surface area contributed by atoms with Crippen LogP contribution in [0.5, 0.6) is 0 Å². The van der Waals surface area contributed by atoms with Crippen molar-refractivity contribution < 1.29 is 0 Å². The van der Waals surface area contributed by atoms with E-state index >= 15 is 0 Å². The lowest BCUT2D eigenvalue weighted by molar-refractivity contribution is 0.314. The second-order valence-electron chi connectivity index (χ2n) is 14.7. The fourth-order valence-corrected chi connectivity index (χ4v) is 7.13. The van der Waals surface area contributed by atoms with Crippen LogP contribution in [0.2, 0.25) is 0 Å². The molecule has 0 aliphatic heterocycles. The van der Waals surface area contributed by atoms with Crippen LogP contribution in [0, 0.1) is 11.8 Å². The predicted molar refractivity (Wildman–Crippen MR) is 193 cm³/mol. The quantitative estimate of drug-likeness (QED) is 0.0560. The Morgan fingerprint density at radius 3 is 1.62 bits per heavy atom. The number of unbranched alkanes of at least 4 members (excludes halogenated alkanes) is 16. The molecule has 0 saturated heterocycles. The maximum atomic E-state index is 4.36. The van der Waals surface area contributed by atoms with Gasteiger partial charge in [-0.25, -0.2) is 0 Å². The summed E-state index contributed by atoms with van der Waals surface area (Å²) in [4.78, 5) is 2.59. The van der Waals surface area contributed by atoms with Gasteiger partial charge in [-0.1, -0.05) is 173 Å². The monoisotopic (exact) mass is 586 g/mol. The second-order valence-corrected chi connectivity index (χ2v) is 14.7. The highest BCUT2D eigenvalue weighted by atomic mass is 15.1. The molecule has 1 unspecified atom stereocenters. The zero-order chi connectivity index (χ0) is 30.5. The molecular formula is C41H79N. The van der Waals surface area contributed by atoms with Gasteiger partial charge in [0, 0.05) is 0 Å². The molecule has 0 heterocycles. The summed E-state index contributed by atoms with van der Waals surface area (Å²) in [6, 6.07) is 0. The molecular weight excluding hydrogens is 506 g/mol. The van der Waals surface area contributed by atoms with Crippen molar-refractivity contribution in [2.24, 2.45) is 11.8 Å². The van der Waals surface area contributed by atoms with E-state index in [0.717, 1.165) is 11.8 Å². The first kappa shape index (κ1) is 39.5. The van der Waals surface area contributed by atoms with E-state index in [0.29, 0.717) is 0 Å². The van der Waals surface area contributed by atoms with Gasteiger partial charge in [-0.2, -0.15) is 0 Å². The molecule has 1 aliphatic rings. The van der Waals surface area contributed by atoms with Crippen LogP contribution in [0.15, 0.2) is 23.8 Å². The highest BCUT2D eigenvalue weighted by Gasteiger charge is 2.12. The van der Waals surface area contributed by atoms with E-state index in [-0.39, 0.29) is 0 Å². The predicted octanol–water partition coefficient (Wildman–Crippen LogP) is 14.0. The lowest BCUT2D eigenvalue weighted by Crippen LogP contribution is -2.20. The van der Waals surface area contributed by atoms with Crippen molar-refractivity contribution in [3.05, 3.63) is 23.8 Å². The van der Waals surface area contributed by atoms with Crippen molar-refractivity contribution in [1.82, 2.24) is 4.90 Å². The lowest BCUT2D eigenvalue weighted by Gasteiger charge is -2.17. The Bertz CT molecular complexity index is 608. The van der Waals surface area contributed by atoms with Crippen LogP contribution in [0.25, 0.3) is 0 Å². The van der Waals surface area contributed by atoms with Crippen molar-refractivity contribution in [2.45, 2.75) is 207 Å². The number of hydrogen-bond donors (Lipinski definition) is 0. The van der Waals surface area contributed by atoms with Crippen molar-refractivity contribution >= 4 is 0 Å². The fourth-order valence-electron chi connectivity index (χ4n) is 7.13. The standard InChI is InChI=1S/C41H79N/c1-6-8-20-29-40(30-21-9-7-2)31-23-17-13-11-15-19-25-36-42(5)35-24-18-14-10-12-16-22-27-38(3)28-26-32-41-34-33-39(4)37-41/h34,39-40H,3,6-33,35-37H2,1-2,4-5H3. The maximum absolute atomic E-state index is 4.36. The van der Waals surface area contributed by atoms with Gasteiger partial charge in [0.1, 0.15) is 0 Å². The molecule has 0 aromatic heterocycles. The summed E-state index contributed by atoms with van der Waals surface area (Å²) in [6.45, 7) is 14.0. The Morgan fingerprint density at radius 2 is 1.12 bits per heavy atom. The minimum Gasteiger partial charge on any atom is -0.306 e. The Hall–Kier alpha value is -0.560. The number of allylic oxidation sites excluding steroid dienone is 3. The number of rotatable bonds is 32. The van der Waals surface area contributed by atoms with Gasteiger partial charge in [0.2, 0.25) is 0 Å². The normalized spacial score (nSPS) is 15.3. The van der Waals surface area contributed by atoms with E-state index in [9.17, 15) is 0 Å². The third-order valence-corrected chi connectivity index (χ3v) is 10.1. The molecule has 0 amide bonds. The van der Waals surface area contributed by atoms with E-state index in [1.54, 1.807) is 5.57 Å². The molecule has 0 aromatic carbocycles. The first-order chi connectivity index (χ1) is 20.5. The summed E-state index contributed by atoms with van der Waals surface area (Å²) in [5.74, 6) is 1.92. The highest BCUT2D eigenvalue weighted by molar-refractivity contribution is 5.10. The molecule has 248 valence electrons. The van der Waals surface area contributed by atoms with Gasteiger partial charge < -0.3 is 4.90 Å². The number of nitrogens with zero attached hydrogens (tertiary/aromatic N) is 1. The van der Waals surface area contributed by atoms with Crippen LogP contribution >= 0.6 is 0 Å². The van der Waals surface area contributed by atoms with Gasteiger partial charge in [-0.3, -0.25) is 0 Å². The van der Waals surface area contributed by atoms with Gasteiger partial charge in [-0.15, -0.1) is 0 Å². The summed E-state index contributed by atoms with van der Waals surface area (Å²) in [5, 5.41) is 0. The fraction of sp³-hybridized carbons (Fsp3) is 0.902. The third kappa shape index (κ3) is 24.8. The first-order valence-corrected chi connectivity index (χ1v) is 19.6. The average molecular weight is 586 g/mol. The number of hydrogen-bond acceptors (Lipinski definition) is 1. The third-order valence-electron chi connectivity index (χ3n) is 10.1. The van der Waals surface area contributed by atoms with Crippen LogP contribution in [-0.4, -0.2) is 25.0 Å². The zero-order valence-corrected chi connectivity index (χ0v) is 29.8. The van der Waals surface area contributed by atoms with Crippen LogP contribution < -0.4 is 0 Å². The molecule has 0 radical (unpaired) electrons. The van der Waals surface area contributed by atoms with Gasteiger partial charge in [0.25, 0.3) is 0 Å². The van der Waals surface area contributed by atoms with Crippen LogP contribution in [0.4, 0.5) is 0 Å². The van der Waals surface area contributed by atoms with E-state index < -0.39 is 0 Å². The molecule has 1 aliphatic carbocycles. The molecule has 0 aromatic rings. The molecule has 0 fully saturated rings. The topological polar surface area (TPSA) is 3.24 Å². The van der Waals surface area contributed by atoms with Crippen molar-refractivity contribution in [1.29, 1.82) is 0 Å². The minimum absolute atomic E-state index is 0.895. The van der Waals surface area contributed by atoms with E-state index in [1.165, 1.54) is 205 Å². The SMILES string of the molecule is C=C(CCCCCCCCCN(C)CCCCCCCCCC(CCCCC)CCCCC)CCCC1=CCC(C)C1. The zero-order valence-electron chi connectivity index (χ0n) is 29.8. The van der Waals surface area contributed by atoms with E-state index in [2.05, 4.69) is 45.4 Å². The average Bonchev–Trinajstić information content (AvgIpc) is 3.39.